The number of imide groups is 2. The Hall–Kier alpha value is -4.06. The number of hydrogen-bond acceptors (Lipinski definition) is 7. The van der Waals surface area contributed by atoms with Gasteiger partial charge in [-0.3, -0.25) is 19.7 Å². The van der Waals surface area contributed by atoms with Crippen molar-refractivity contribution < 1.29 is 33.4 Å². The Balaban J connectivity index is 1.54. The van der Waals surface area contributed by atoms with E-state index >= 15 is 0 Å². The van der Waals surface area contributed by atoms with Gasteiger partial charge in [0.2, 0.25) is 0 Å². The van der Waals surface area contributed by atoms with Crippen LogP contribution < -0.4 is 29.7 Å². The number of rotatable bonds is 8. The molecule has 4 rings (SSSR count). The van der Waals surface area contributed by atoms with Gasteiger partial charge in [0.15, 0.2) is 18.1 Å². The second kappa shape index (κ2) is 12.4. The van der Waals surface area contributed by atoms with E-state index in [1.54, 1.807) is 37.4 Å². The van der Waals surface area contributed by atoms with Gasteiger partial charge in [0, 0.05) is 5.69 Å². The molecule has 0 bridgehead atoms. The van der Waals surface area contributed by atoms with Crippen molar-refractivity contribution in [3.8, 4) is 17.2 Å². The molecule has 1 saturated heterocycles. The summed E-state index contributed by atoms with van der Waals surface area (Å²) >= 11 is 15.4. The number of nitrogens with one attached hydrogen (secondary N) is 2. The Morgan fingerprint density at radius 2 is 1.73 bits per heavy atom. The summed E-state index contributed by atoms with van der Waals surface area (Å²) in [7, 11) is 2.94. The number of carbonyl (C=O) groups is 4. The number of methoxy groups -OCH3 is 2. The Kier molecular flexibility index (Phi) is 8.98. The quantitative estimate of drug-likeness (QED) is 0.246. The highest BCUT2D eigenvalue weighted by Gasteiger charge is 2.37. The number of hydrogen-bond donors (Lipinski definition) is 2. The molecule has 13 heteroatoms. The van der Waals surface area contributed by atoms with Crippen molar-refractivity contribution in [3.63, 3.8) is 0 Å². The highest BCUT2D eigenvalue weighted by molar-refractivity contribution is 9.10. The van der Waals surface area contributed by atoms with Gasteiger partial charge in [0.1, 0.15) is 11.3 Å². The Morgan fingerprint density at radius 3 is 2.38 bits per heavy atom. The lowest BCUT2D eigenvalue weighted by molar-refractivity contribution is -0.122. The van der Waals surface area contributed by atoms with E-state index in [0.29, 0.717) is 21.5 Å². The minimum atomic E-state index is -0.930. The summed E-state index contributed by atoms with van der Waals surface area (Å²) in [5, 5.41) is 5.21. The minimum Gasteiger partial charge on any atom is -0.497 e. The number of halogens is 3. The second-order valence-corrected chi connectivity index (χ2v) is 9.82. The normalized spacial score (nSPS) is 14.2. The summed E-state index contributed by atoms with van der Waals surface area (Å²) in [6, 6.07) is 13.1. The largest absolute Gasteiger partial charge is 0.497 e. The number of nitrogens with zero attached hydrogens (tertiary/aromatic N) is 1. The summed E-state index contributed by atoms with van der Waals surface area (Å²) in [4.78, 5) is 51.4. The fraction of sp³-hybridized carbons (Fsp3) is 0.111. The third-order valence-corrected chi connectivity index (χ3v) is 6.88. The Bertz CT molecular complexity index is 1540. The molecular formula is C27H20BrCl2N3O7. The molecule has 40 heavy (non-hydrogen) atoms. The van der Waals surface area contributed by atoms with Crippen LogP contribution in [0, 0.1) is 0 Å². The van der Waals surface area contributed by atoms with Crippen molar-refractivity contribution in [2.45, 2.75) is 0 Å². The summed E-state index contributed by atoms with van der Waals surface area (Å²) < 4.78 is 16.6. The van der Waals surface area contributed by atoms with E-state index < -0.39 is 23.8 Å². The summed E-state index contributed by atoms with van der Waals surface area (Å²) in [5.41, 5.74) is 0.754. The molecule has 0 aromatic heterocycles. The number of benzene rings is 3. The van der Waals surface area contributed by atoms with Crippen LogP contribution in [0.2, 0.25) is 10.0 Å². The van der Waals surface area contributed by atoms with Gasteiger partial charge in [-0.05, 0) is 82.2 Å². The molecule has 3 aromatic carbocycles. The van der Waals surface area contributed by atoms with E-state index in [1.807, 2.05) is 0 Å². The maximum Gasteiger partial charge on any atom is 0.335 e. The van der Waals surface area contributed by atoms with Crippen LogP contribution in [0.4, 0.5) is 16.2 Å². The smallest absolute Gasteiger partial charge is 0.335 e. The van der Waals surface area contributed by atoms with Crippen LogP contribution in [0.3, 0.4) is 0 Å². The molecule has 2 N–H and O–H groups in total. The monoisotopic (exact) mass is 647 g/mol. The van der Waals surface area contributed by atoms with Gasteiger partial charge in [-0.25, -0.2) is 9.69 Å². The molecule has 10 nitrogen and oxygen atoms in total. The van der Waals surface area contributed by atoms with Gasteiger partial charge in [0.25, 0.3) is 17.7 Å². The first-order valence-electron chi connectivity index (χ1n) is 11.4. The van der Waals surface area contributed by atoms with Crippen LogP contribution in [-0.4, -0.2) is 44.6 Å². The molecule has 0 atom stereocenters. The average molecular weight is 649 g/mol. The minimum absolute atomic E-state index is 0.129. The van der Waals surface area contributed by atoms with Crippen LogP contribution in [-0.2, 0) is 14.4 Å². The molecule has 0 saturated carbocycles. The van der Waals surface area contributed by atoms with Crippen molar-refractivity contribution in [1.29, 1.82) is 0 Å². The fourth-order valence-electron chi connectivity index (χ4n) is 3.66. The molecular weight excluding hydrogens is 629 g/mol. The van der Waals surface area contributed by atoms with Gasteiger partial charge in [-0.2, -0.15) is 0 Å². The van der Waals surface area contributed by atoms with Crippen LogP contribution in [0.25, 0.3) is 6.08 Å². The molecule has 1 heterocycles. The molecule has 0 spiro atoms. The van der Waals surface area contributed by atoms with E-state index in [0.717, 1.165) is 4.90 Å². The molecule has 1 fully saturated rings. The first-order valence-corrected chi connectivity index (χ1v) is 13.0. The Morgan fingerprint density at radius 1 is 1.00 bits per heavy atom. The van der Waals surface area contributed by atoms with Crippen LogP contribution in [0.1, 0.15) is 5.56 Å². The van der Waals surface area contributed by atoms with E-state index in [1.165, 1.54) is 37.5 Å². The standard InChI is InChI=1S/C27H20BrCl2N3O7/c1-38-17-6-3-15(4-7-17)31-23(34)13-40-24-19(28)10-14(11-22(24)39-2)9-18-25(35)32-27(37)33(26(18)36)16-5-8-20(29)21(30)12-16/h3-12H,13H2,1-2H3,(H,31,34)(H,32,35,37)/b18-9-. The zero-order chi connectivity index (χ0) is 29.0. The van der Waals surface area contributed by atoms with Crippen LogP contribution in [0.5, 0.6) is 17.2 Å². The third-order valence-electron chi connectivity index (χ3n) is 5.55. The number of carbonyl (C=O) groups excluding carboxylic acids is 4. The first kappa shape index (κ1) is 28.9. The number of anilines is 2. The van der Waals surface area contributed by atoms with Crippen LogP contribution >= 0.6 is 39.1 Å². The number of barbiturate groups is 1. The number of urea groups is 1. The molecule has 1 aliphatic heterocycles. The molecule has 5 amide bonds. The van der Waals surface area contributed by atoms with Crippen molar-refractivity contribution in [3.05, 3.63) is 80.3 Å². The van der Waals surface area contributed by atoms with Crippen molar-refractivity contribution in [2.75, 3.05) is 31.0 Å². The summed E-state index contributed by atoms with van der Waals surface area (Å²) in [5.74, 6) is -1.06. The molecule has 0 radical (unpaired) electrons. The molecule has 0 unspecified atom stereocenters. The fourth-order valence-corrected chi connectivity index (χ4v) is 4.52. The van der Waals surface area contributed by atoms with Crippen molar-refractivity contribution in [2.24, 2.45) is 0 Å². The predicted octanol–water partition coefficient (Wildman–Crippen LogP) is 5.46. The maximum absolute atomic E-state index is 13.2. The van der Waals surface area contributed by atoms with Gasteiger partial charge in [-0.1, -0.05) is 23.2 Å². The summed E-state index contributed by atoms with van der Waals surface area (Å²) in [6.45, 7) is -0.330. The SMILES string of the molecule is COc1ccc(NC(=O)COc2c(Br)cc(/C=C3/C(=O)NC(=O)N(c4ccc(Cl)c(Cl)c4)C3=O)cc2OC)cc1. The molecule has 0 aliphatic carbocycles. The van der Waals surface area contributed by atoms with Crippen LogP contribution in [0.15, 0.2) is 64.6 Å². The van der Waals surface area contributed by atoms with Crippen molar-refractivity contribution in [1.82, 2.24) is 5.32 Å². The zero-order valence-electron chi connectivity index (χ0n) is 20.9. The van der Waals surface area contributed by atoms with E-state index in [9.17, 15) is 19.2 Å². The van der Waals surface area contributed by atoms with E-state index in [-0.39, 0.29) is 39.4 Å². The van der Waals surface area contributed by atoms with Gasteiger partial charge >= 0.3 is 6.03 Å². The van der Waals surface area contributed by atoms with Crippen molar-refractivity contribution >= 4 is 80.3 Å². The third kappa shape index (κ3) is 6.39. The molecule has 206 valence electrons. The maximum atomic E-state index is 13.2. The predicted molar refractivity (Wildman–Crippen MR) is 153 cm³/mol. The summed E-state index contributed by atoms with van der Waals surface area (Å²) in [6.07, 6.45) is 1.29. The lowest BCUT2D eigenvalue weighted by Crippen LogP contribution is -2.54. The highest BCUT2D eigenvalue weighted by atomic mass is 79.9. The molecule has 1 aliphatic rings. The lowest BCUT2D eigenvalue weighted by atomic mass is 10.1. The van der Waals surface area contributed by atoms with E-state index in [2.05, 4.69) is 26.6 Å². The van der Waals surface area contributed by atoms with E-state index in [4.69, 9.17) is 37.4 Å². The number of amides is 5. The van der Waals surface area contributed by atoms with Gasteiger partial charge in [0.05, 0.1) is 34.4 Å². The second-order valence-electron chi connectivity index (χ2n) is 8.16. The van der Waals surface area contributed by atoms with Gasteiger partial charge in [-0.15, -0.1) is 0 Å². The topological polar surface area (TPSA) is 123 Å². The highest BCUT2D eigenvalue weighted by Crippen LogP contribution is 2.38. The van der Waals surface area contributed by atoms with Gasteiger partial charge < -0.3 is 19.5 Å². The Labute approximate surface area is 246 Å². The average Bonchev–Trinajstić information content (AvgIpc) is 2.92. The zero-order valence-corrected chi connectivity index (χ0v) is 24.0. The first-order chi connectivity index (χ1) is 19.1. The number of ether oxygens (including phenoxy) is 3. The molecule has 3 aromatic rings. The lowest BCUT2D eigenvalue weighted by Gasteiger charge is -2.26.